The van der Waals surface area contributed by atoms with Crippen molar-refractivity contribution in [2.75, 3.05) is 13.1 Å². The van der Waals surface area contributed by atoms with Crippen LogP contribution in [0.5, 0.6) is 5.75 Å². The molecule has 3 nitrogen and oxygen atoms in total. The average molecular weight is 271 g/mol. The lowest BCUT2D eigenvalue weighted by Gasteiger charge is -2.34. The summed E-state index contributed by atoms with van der Waals surface area (Å²) in [6, 6.07) is 6.80. The highest BCUT2D eigenvalue weighted by Crippen LogP contribution is 2.31. The molecule has 1 aromatic carbocycles. The molecule has 1 N–H and O–H groups in total. The lowest BCUT2D eigenvalue weighted by molar-refractivity contribution is -0.0704. The molecule has 0 spiro atoms. The van der Waals surface area contributed by atoms with Crippen molar-refractivity contribution >= 4 is 0 Å². The Morgan fingerprint density at radius 3 is 2.68 bits per heavy atom. The normalized spacial score (nSPS) is 23.9. The smallest absolute Gasteiger partial charge is 0.387 e. The van der Waals surface area contributed by atoms with Crippen LogP contribution >= 0.6 is 0 Å². The van der Waals surface area contributed by atoms with E-state index in [1.54, 1.807) is 24.3 Å². The molecule has 1 saturated heterocycles. The van der Waals surface area contributed by atoms with Crippen molar-refractivity contribution in [1.82, 2.24) is 5.32 Å². The van der Waals surface area contributed by atoms with Crippen molar-refractivity contribution < 1.29 is 18.3 Å². The number of halogens is 2. The molecule has 1 aliphatic heterocycles. The second-order valence-electron chi connectivity index (χ2n) is 4.98. The van der Waals surface area contributed by atoms with Gasteiger partial charge in [-0.3, -0.25) is 0 Å². The van der Waals surface area contributed by atoms with Crippen molar-refractivity contribution in [3.63, 3.8) is 0 Å². The van der Waals surface area contributed by atoms with E-state index >= 15 is 0 Å². The van der Waals surface area contributed by atoms with Crippen LogP contribution in [0.25, 0.3) is 0 Å². The molecule has 2 atom stereocenters. The number of alkyl halides is 2. The summed E-state index contributed by atoms with van der Waals surface area (Å²) in [5.74, 6) is 0.562. The molecule has 0 bridgehead atoms. The number of ether oxygens (including phenoxy) is 2. The van der Waals surface area contributed by atoms with Crippen LogP contribution < -0.4 is 10.1 Å². The van der Waals surface area contributed by atoms with E-state index in [-0.39, 0.29) is 18.0 Å². The Morgan fingerprint density at radius 2 is 2.00 bits per heavy atom. The minimum Gasteiger partial charge on any atom is -0.434 e. The van der Waals surface area contributed by atoms with Crippen LogP contribution in [0.2, 0.25) is 0 Å². The third-order valence-electron chi connectivity index (χ3n) is 3.24. The summed E-state index contributed by atoms with van der Waals surface area (Å²) < 4.78 is 35.3. The van der Waals surface area contributed by atoms with Gasteiger partial charge in [0.15, 0.2) is 0 Å². The second kappa shape index (κ2) is 6.30. The van der Waals surface area contributed by atoms with Crippen LogP contribution in [0, 0.1) is 5.92 Å². The van der Waals surface area contributed by atoms with E-state index in [1.807, 2.05) is 0 Å². The second-order valence-corrected chi connectivity index (χ2v) is 4.98. The van der Waals surface area contributed by atoms with Gasteiger partial charge < -0.3 is 14.8 Å². The molecule has 106 valence electrons. The lowest BCUT2D eigenvalue weighted by atomic mass is 10.0. The summed E-state index contributed by atoms with van der Waals surface area (Å²) in [4.78, 5) is 0. The standard InChI is InChI=1S/C14H19F2NO2/c1-9(2)12-7-17-8-13(18-12)10-5-3-4-6-11(10)19-14(15)16/h3-6,9,12-14,17H,7-8H2,1-2H3. The molecule has 1 aromatic rings. The van der Waals surface area contributed by atoms with Crippen LogP contribution in [0.1, 0.15) is 25.5 Å². The summed E-state index contributed by atoms with van der Waals surface area (Å²) in [7, 11) is 0. The Bertz CT molecular complexity index is 412. The molecule has 0 aliphatic carbocycles. The maximum atomic E-state index is 12.4. The van der Waals surface area contributed by atoms with Crippen molar-refractivity contribution in [3.05, 3.63) is 29.8 Å². The lowest BCUT2D eigenvalue weighted by Crippen LogP contribution is -2.43. The fraction of sp³-hybridized carbons (Fsp3) is 0.571. The van der Waals surface area contributed by atoms with Gasteiger partial charge in [0.1, 0.15) is 5.75 Å². The summed E-state index contributed by atoms with van der Waals surface area (Å²) in [6.07, 6.45) is -0.172. The topological polar surface area (TPSA) is 30.5 Å². The van der Waals surface area contributed by atoms with E-state index in [1.165, 1.54) is 0 Å². The van der Waals surface area contributed by atoms with E-state index in [0.717, 1.165) is 6.54 Å². The zero-order chi connectivity index (χ0) is 13.8. The van der Waals surface area contributed by atoms with Gasteiger partial charge in [-0.15, -0.1) is 0 Å². The highest BCUT2D eigenvalue weighted by Gasteiger charge is 2.27. The fourth-order valence-electron chi connectivity index (χ4n) is 2.19. The predicted molar refractivity (Wildman–Crippen MR) is 68.4 cm³/mol. The monoisotopic (exact) mass is 271 g/mol. The Balaban J connectivity index is 2.16. The molecule has 1 fully saturated rings. The molecular formula is C14H19F2NO2. The minimum atomic E-state index is -2.82. The van der Waals surface area contributed by atoms with Crippen molar-refractivity contribution in [2.24, 2.45) is 5.92 Å². The van der Waals surface area contributed by atoms with Crippen LogP contribution in [-0.2, 0) is 4.74 Å². The molecule has 1 aliphatic rings. The SMILES string of the molecule is CC(C)C1CNCC(c2ccccc2OC(F)F)O1. The Labute approximate surface area is 111 Å². The summed E-state index contributed by atoms with van der Waals surface area (Å²) in [5.41, 5.74) is 0.667. The largest absolute Gasteiger partial charge is 0.434 e. The molecule has 0 aromatic heterocycles. The quantitative estimate of drug-likeness (QED) is 0.913. The molecule has 5 heteroatoms. The maximum absolute atomic E-state index is 12.4. The molecule has 0 saturated carbocycles. The first-order valence-electron chi connectivity index (χ1n) is 6.48. The van der Waals surface area contributed by atoms with Gasteiger partial charge in [-0.2, -0.15) is 8.78 Å². The Hall–Kier alpha value is -1.20. The maximum Gasteiger partial charge on any atom is 0.387 e. The van der Waals surface area contributed by atoms with Crippen molar-refractivity contribution in [1.29, 1.82) is 0 Å². The number of morpholine rings is 1. The number of benzene rings is 1. The number of hydrogen-bond donors (Lipinski definition) is 1. The number of hydrogen-bond acceptors (Lipinski definition) is 3. The third-order valence-corrected chi connectivity index (χ3v) is 3.24. The zero-order valence-electron chi connectivity index (χ0n) is 11.1. The van der Waals surface area contributed by atoms with E-state index in [0.29, 0.717) is 18.0 Å². The third kappa shape index (κ3) is 3.64. The van der Waals surface area contributed by atoms with Gasteiger partial charge in [0.05, 0.1) is 12.2 Å². The molecule has 0 radical (unpaired) electrons. The average Bonchev–Trinajstić information content (AvgIpc) is 2.39. The fourth-order valence-corrected chi connectivity index (χ4v) is 2.19. The van der Waals surface area contributed by atoms with Crippen LogP contribution in [0.15, 0.2) is 24.3 Å². The first-order valence-corrected chi connectivity index (χ1v) is 6.48. The van der Waals surface area contributed by atoms with Gasteiger partial charge in [-0.25, -0.2) is 0 Å². The first kappa shape index (κ1) is 14.2. The van der Waals surface area contributed by atoms with Gasteiger partial charge in [0.2, 0.25) is 0 Å². The molecule has 2 rings (SSSR count). The summed E-state index contributed by atoms with van der Waals surface area (Å²) >= 11 is 0. The molecule has 1 heterocycles. The Morgan fingerprint density at radius 1 is 1.26 bits per heavy atom. The van der Waals surface area contributed by atoms with Crippen LogP contribution in [0.3, 0.4) is 0 Å². The van der Waals surface area contributed by atoms with Crippen molar-refractivity contribution in [3.8, 4) is 5.75 Å². The van der Waals surface area contributed by atoms with Crippen molar-refractivity contribution in [2.45, 2.75) is 32.7 Å². The van der Waals surface area contributed by atoms with Crippen LogP contribution in [-0.4, -0.2) is 25.8 Å². The number of para-hydroxylation sites is 1. The van der Waals surface area contributed by atoms with E-state index in [2.05, 4.69) is 23.9 Å². The zero-order valence-corrected chi connectivity index (χ0v) is 11.1. The van der Waals surface area contributed by atoms with Gasteiger partial charge in [-0.05, 0) is 12.0 Å². The summed E-state index contributed by atoms with van der Waals surface area (Å²) in [5, 5.41) is 3.28. The minimum absolute atomic E-state index is 0.0818. The van der Waals surface area contributed by atoms with E-state index in [4.69, 9.17) is 4.74 Å². The first-order chi connectivity index (χ1) is 9.08. The molecule has 2 unspecified atom stereocenters. The molecular weight excluding hydrogens is 252 g/mol. The molecule has 0 amide bonds. The van der Waals surface area contributed by atoms with Gasteiger partial charge in [0, 0.05) is 18.7 Å². The van der Waals surface area contributed by atoms with Gasteiger partial charge in [-0.1, -0.05) is 32.0 Å². The highest BCUT2D eigenvalue weighted by atomic mass is 19.3. The highest BCUT2D eigenvalue weighted by molar-refractivity contribution is 5.35. The molecule has 19 heavy (non-hydrogen) atoms. The number of nitrogens with one attached hydrogen (secondary N) is 1. The summed E-state index contributed by atoms with van der Waals surface area (Å²) in [6.45, 7) is 2.73. The van der Waals surface area contributed by atoms with Gasteiger partial charge in [0.25, 0.3) is 0 Å². The Kier molecular flexibility index (Phi) is 4.71. The van der Waals surface area contributed by atoms with E-state index in [9.17, 15) is 8.78 Å². The van der Waals surface area contributed by atoms with E-state index < -0.39 is 6.61 Å². The van der Waals surface area contributed by atoms with Crippen LogP contribution in [0.4, 0.5) is 8.78 Å². The van der Waals surface area contributed by atoms with Gasteiger partial charge >= 0.3 is 6.61 Å². The number of rotatable bonds is 4. The predicted octanol–water partition coefficient (Wildman–Crippen LogP) is 2.97.